The molecule has 2 rings (SSSR count). The molecule has 5 nitrogen and oxygen atoms in total. The van der Waals surface area contributed by atoms with E-state index in [1.165, 1.54) is 0 Å². The lowest BCUT2D eigenvalue weighted by Gasteiger charge is -2.16. The number of para-hydroxylation sites is 2. The molecule has 9 heteroatoms. The zero-order valence-electron chi connectivity index (χ0n) is 12.7. The molecule has 23 heavy (non-hydrogen) atoms. The molecule has 1 heterocycles. The zero-order valence-corrected chi connectivity index (χ0v) is 14.3. The number of rotatable bonds is 5. The molecule has 2 aromatic rings. The third-order valence-corrected chi connectivity index (χ3v) is 3.09. The van der Waals surface area contributed by atoms with Gasteiger partial charge in [-0.3, -0.25) is 9.36 Å². The van der Waals surface area contributed by atoms with Gasteiger partial charge in [0.15, 0.2) is 0 Å². The van der Waals surface area contributed by atoms with Crippen molar-refractivity contribution in [1.82, 2.24) is 14.9 Å². The van der Waals surface area contributed by atoms with Gasteiger partial charge in [0.05, 0.1) is 17.1 Å². The molecular weight excluding hydrogens is 349 g/mol. The molecule has 0 aliphatic heterocycles. The van der Waals surface area contributed by atoms with Crippen LogP contribution in [0.2, 0.25) is 0 Å². The number of hydrogen-bond acceptors (Lipinski definition) is 3. The normalized spacial score (nSPS) is 13.1. The number of fused-ring (bicyclic) bond motifs is 1. The summed E-state index contributed by atoms with van der Waals surface area (Å²) in [6.07, 6.45) is 0.138. The lowest BCUT2D eigenvalue weighted by molar-refractivity contribution is -0.122. The van der Waals surface area contributed by atoms with E-state index in [0.29, 0.717) is 11.0 Å². The van der Waals surface area contributed by atoms with Crippen molar-refractivity contribution in [3.05, 3.63) is 30.1 Å². The van der Waals surface area contributed by atoms with Crippen LogP contribution in [-0.2, 0) is 4.79 Å². The highest BCUT2D eigenvalue weighted by Gasteiger charge is 2.22. The molecule has 0 radical (unpaired) electrons. The summed E-state index contributed by atoms with van der Waals surface area (Å²) in [5.74, 6) is -0.158. The summed E-state index contributed by atoms with van der Waals surface area (Å²) in [5.41, 5.74) is 6.36. The number of imidazole rings is 1. The number of benzene rings is 1. The molecule has 0 fully saturated rings. The highest BCUT2D eigenvalue weighted by atomic mass is 35.5. The summed E-state index contributed by atoms with van der Waals surface area (Å²) in [5, 5.41) is 2.65. The molecule has 130 valence electrons. The summed E-state index contributed by atoms with van der Waals surface area (Å²) in [7, 11) is 0. The van der Waals surface area contributed by atoms with Crippen molar-refractivity contribution < 1.29 is 13.6 Å². The number of nitrogens with zero attached hydrogens (tertiary/aromatic N) is 2. The molecule has 1 aromatic carbocycles. The molecule has 0 saturated heterocycles. The number of hydrogen-bond donors (Lipinski definition) is 2. The highest BCUT2D eigenvalue weighted by molar-refractivity contribution is 5.85. The van der Waals surface area contributed by atoms with Crippen LogP contribution in [0.25, 0.3) is 11.0 Å². The van der Waals surface area contributed by atoms with Crippen molar-refractivity contribution in [2.45, 2.75) is 38.9 Å². The Bertz CT molecular complexity index is 649. The van der Waals surface area contributed by atoms with Gasteiger partial charge in [-0.15, -0.1) is 24.8 Å². The maximum Gasteiger partial charge on any atom is 0.320 e. The Balaban J connectivity index is 0.00000242. The zero-order chi connectivity index (χ0) is 15.6. The minimum Gasteiger partial charge on any atom is -0.346 e. The lowest BCUT2D eigenvalue weighted by atomic mass is 10.2. The Morgan fingerprint density at radius 1 is 1.30 bits per heavy atom. The summed E-state index contributed by atoms with van der Waals surface area (Å²) in [4.78, 5) is 15.9. The number of nitrogens with one attached hydrogen (secondary N) is 1. The van der Waals surface area contributed by atoms with Gasteiger partial charge in [0.1, 0.15) is 5.82 Å². The van der Waals surface area contributed by atoms with E-state index in [1.54, 1.807) is 38.1 Å². The molecule has 0 bridgehead atoms. The van der Waals surface area contributed by atoms with E-state index in [2.05, 4.69) is 10.3 Å². The monoisotopic (exact) mass is 368 g/mol. The highest BCUT2D eigenvalue weighted by Crippen LogP contribution is 2.26. The number of amides is 1. The van der Waals surface area contributed by atoms with E-state index in [4.69, 9.17) is 5.73 Å². The molecular formula is C14H20Cl2F2N4O. The molecule has 0 aliphatic carbocycles. The number of nitrogens with two attached hydrogens (primary N) is 1. The smallest absolute Gasteiger partial charge is 0.320 e. The summed E-state index contributed by atoms with van der Waals surface area (Å²) >= 11 is 0. The van der Waals surface area contributed by atoms with Crippen molar-refractivity contribution in [1.29, 1.82) is 0 Å². The van der Waals surface area contributed by atoms with E-state index in [0.717, 1.165) is 4.57 Å². The van der Waals surface area contributed by atoms with Crippen LogP contribution in [0.15, 0.2) is 24.3 Å². The second-order valence-corrected chi connectivity index (χ2v) is 5.08. The van der Waals surface area contributed by atoms with Crippen LogP contribution < -0.4 is 11.1 Å². The van der Waals surface area contributed by atoms with Gasteiger partial charge < -0.3 is 11.1 Å². The number of halogens is 4. The largest absolute Gasteiger partial charge is 0.346 e. The predicted octanol–water partition coefficient (Wildman–Crippen LogP) is 3.19. The van der Waals surface area contributed by atoms with Crippen LogP contribution in [0.4, 0.5) is 8.78 Å². The summed E-state index contributed by atoms with van der Waals surface area (Å²) in [6, 6.07) is 5.73. The summed E-state index contributed by atoms with van der Waals surface area (Å²) < 4.78 is 27.4. The number of carbonyl (C=O) groups is 1. The second-order valence-electron chi connectivity index (χ2n) is 5.08. The van der Waals surface area contributed by atoms with Gasteiger partial charge in [-0.25, -0.2) is 4.98 Å². The van der Waals surface area contributed by atoms with Crippen LogP contribution >= 0.6 is 24.8 Å². The quantitative estimate of drug-likeness (QED) is 0.850. The van der Waals surface area contributed by atoms with E-state index in [1.807, 2.05) is 0 Å². The second kappa shape index (κ2) is 9.00. The number of aromatic nitrogens is 2. The number of carbonyl (C=O) groups excluding carboxylic acids is 1. The van der Waals surface area contributed by atoms with Crippen molar-refractivity contribution >= 4 is 41.8 Å². The van der Waals surface area contributed by atoms with E-state index >= 15 is 0 Å². The predicted molar refractivity (Wildman–Crippen MR) is 90.3 cm³/mol. The minimum atomic E-state index is -2.72. The topological polar surface area (TPSA) is 72.9 Å². The Hall–Kier alpha value is -1.44. The summed E-state index contributed by atoms with van der Waals surface area (Å²) in [6.45, 7) is 0.609. The van der Waals surface area contributed by atoms with Crippen LogP contribution in [0, 0.1) is 0 Å². The van der Waals surface area contributed by atoms with E-state index < -0.39 is 12.6 Å². The Labute approximate surface area is 145 Å². The molecule has 0 saturated carbocycles. The van der Waals surface area contributed by atoms with Crippen LogP contribution in [0.1, 0.15) is 38.7 Å². The Morgan fingerprint density at radius 3 is 2.48 bits per heavy atom. The molecule has 0 spiro atoms. The molecule has 1 aromatic heterocycles. The van der Waals surface area contributed by atoms with Gasteiger partial charge in [-0.05, 0) is 26.0 Å². The fourth-order valence-electron chi connectivity index (χ4n) is 2.23. The van der Waals surface area contributed by atoms with Crippen molar-refractivity contribution in [3.8, 4) is 0 Å². The average Bonchev–Trinajstić information content (AvgIpc) is 2.76. The Kier molecular flexibility index (Phi) is 8.44. The first-order chi connectivity index (χ1) is 9.90. The first kappa shape index (κ1) is 21.6. The maximum absolute atomic E-state index is 13.3. The minimum absolute atomic E-state index is 0. The third kappa shape index (κ3) is 5.02. The van der Waals surface area contributed by atoms with Crippen LogP contribution in [0.3, 0.4) is 0 Å². The molecule has 2 atom stereocenters. The lowest BCUT2D eigenvalue weighted by Crippen LogP contribution is -2.33. The van der Waals surface area contributed by atoms with Gasteiger partial charge >= 0.3 is 6.55 Å². The Morgan fingerprint density at radius 2 is 1.91 bits per heavy atom. The van der Waals surface area contributed by atoms with Gasteiger partial charge in [0.2, 0.25) is 5.91 Å². The molecule has 3 N–H and O–H groups in total. The molecule has 0 aliphatic rings. The van der Waals surface area contributed by atoms with Crippen molar-refractivity contribution in [3.63, 3.8) is 0 Å². The fourth-order valence-corrected chi connectivity index (χ4v) is 2.23. The van der Waals surface area contributed by atoms with Crippen LogP contribution in [0.5, 0.6) is 0 Å². The first-order valence-electron chi connectivity index (χ1n) is 6.70. The first-order valence-corrected chi connectivity index (χ1v) is 6.70. The third-order valence-electron chi connectivity index (χ3n) is 3.09. The van der Waals surface area contributed by atoms with Crippen LogP contribution in [-0.4, -0.2) is 21.5 Å². The standard InChI is InChI=1S/C14H18F2N4O.2ClH/c1-8(17)7-12(21)18-9(2)13-19-10-5-3-4-6-11(10)20(13)14(15)16;;/h3-6,8-9,14H,7,17H2,1-2H3,(H,18,21);2*1H. The SMILES string of the molecule is CC(N)CC(=O)NC(C)c1nc2ccccc2n1C(F)F.Cl.Cl. The average molecular weight is 369 g/mol. The maximum atomic E-state index is 13.3. The van der Waals surface area contributed by atoms with Gasteiger partial charge in [-0.1, -0.05) is 12.1 Å². The van der Waals surface area contributed by atoms with Gasteiger partial charge in [-0.2, -0.15) is 8.78 Å². The van der Waals surface area contributed by atoms with E-state index in [9.17, 15) is 13.6 Å². The fraction of sp³-hybridized carbons (Fsp3) is 0.429. The van der Waals surface area contributed by atoms with Crippen molar-refractivity contribution in [2.24, 2.45) is 5.73 Å². The van der Waals surface area contributed by atoms with Gasteiger partial charge in [0, 0.05) is 12.5 Å². The number of alkyl halides is 2. The van der Waals surface area contributed by atoms with Gasteiger partial charge in [0.25, 0.3) is 0 Å². The molecule has 1 amide bonds. The molecule has 2 unspecified atom stereocenters. The van der Waals surface area contributed by atoms with E-state index in [-0.39, 0.29) is 49.0 Å². The van der Waals surface area contributed by atoms with Crippen molar-refractivity contribution in [2.75, 3.05) is 0 Å².